The van der Waals surface area contributed by atoms with Crippen molar-refractivity contribution in [3.8, 4) is 0 Å². The molecule has 80 valence electrons. The average Bonchev–Trinajstić information content (AvgIpc) is 1.84. The lowest BCUT2D eigenvalue weighted by Crippen LogP contribution is -2.57. The van der Waals surface area contributed by atoms with Gasteiger partial charge in [-0.25, -0.2) is 17.6 Å². The topological polar surface area (TPSA) is 0 Å². The molecule has 0 heterocycles. The molecule has 0 saturated carbocycles. The van der Waals surface area contributed by atoms with Crippen molar-refractivity contribution in [1.29, 1.82) is 0 Å². The van der Waals surface area contributed by atoms with Crippen LogP contribution >= 0.6 is 0 Å². The molecule has 0 aliphatic carbocycles. The zero-order chi connectivity index (χ0) is 11.1. The predicted molar refractivity (Wildman–Crippen MR) is 35.7 cm³/mol. The molecule has 0 amide bonds. The summed E-state index contributed by atoms with van der Waals surface area (Å²) in [6.07, 6.45) is -3.93. The van der Waals surface area contributed by atoms with E-state index in [0.29, 0.717) is 13.8 Å². The van der Waals surface area contributed by atoms with E-state index in [-0.39, 0.29) is 6.92 Å². The highest BCUT2D eigenvalue weighted by Crippen LogP contribution is 2.45. The van der Waals surface area contributed by atoms with Gasteiger partial charge in [0, 0.05) is 0 Å². The fourth-order valence-corrected chi connectivity index (χ4v) is 0.718. The summed E-state index contributed by atoms with van der Waals surface area (Å²) < 4.78 is 74.5. The lowest BCUT2D eigenvalue weighted by molar-refractivity contribution is -0.243. The van der Waals surface area contributed by atoms with Crippen LogP contribution in [0.3, 0.4) is 0 Å². The highest BCUT2D eigenvalue weighted by molar-refractivity contribution is 5.01. The minimum absolute atomic E-state index is 0.0149. The Hall–Kier alpha value is -0.420. The van der Waals surface area contributed by atoms with Crippen LogP contribution < -0.4 is 0 Å². The van der Waals surface area contributed by atoms with Crippen molar-refractivity contribution in [2.75, 3.05) is 0 Å². The predicted octanol–water partition coefficient (Wildman–Crippen LogP) is 3.36. The molecule has 13 heavy (non-hydrogen) atoms. The zero-order valence-corrected chi connectivity index (χ0v) is 7.35. The molecule has 0 fully saturated rings. The molecule has 0 aliphatic heterocycles. The van der Waals surface area contributed by atoms with Crippen molar-refractivity contribution < 1.29 is 26.3 Å². The highest BCUT2D eigenvalue weighted by atomic mass is 19.3. The molecule has 0 nitrogen and oxygen atoms in total. The highest BCUT2D eigenvalue weighted by Gasteiger charge is 2.66. The zero-order valence-electron chi connectivity index (χ0n) is 7.35. The monoisotopic (exact) mass is 208 g/mol. The standard InChI is InChI=1S/C7H10F6/c1-5(2,10)7(12,13)6(3,11)4(8)9/h4H,1-3H3. The van der Waals surface area contributed by atoms with E-state index in [1.54, 1.807) is 0 Å². The van der Waals surface area contributed by atoms with Gasteiger partial charge in [-0.1, -0.05) is 0 Å². The second-order valence-corrected chi connectivity index (χ2v) is 3.42. The van der Waals surface area contributed by atoms with Crippen LogP contribution in [-0.4, -0.2) is 23.7 Å². The third-order valence-corrected chi connectivity index (χ3v) is 1.77. The summed E-state index contributed by atoms with van der Waals surface area (Å²) >= 11 is 0. The van der Waals surface area contributed by atoms with Crippen molar-refractivity contribution in [2.24, 2.45) is 0 Å². The van der Waals surface area contributed by atoms with E-state index >= 15 is 0 Å². The number of halogens is 6. The Morgan fingerprint density at radius 1 is 0.846 bits per heavy atom. The molecule has 0 radical (unpaired) electrons. The number of hydrogen-bond donors (Lipinski definition) is 0. The maximum Gasteiger partial charge on any atom is 0.319 e. The van der Waals surface area contributed by atoms with Crippen molar-refractivity contribution >= 4 is 0 Å². The van der Waals surface area contributed by atoms with Gasteiger partial charge < -0.3 is 0 Å². The maximum absolute atomic E-state index is 12.7. The van der Waals surface area contributed by atoms with Crippen LogP contribution in [0, 0.1) is 0 Å². The van der Waals surface area contributed by atoms with Gasteiger partial charge in [-0.2, -0.15) is 8.78 Å². The number of alkyl halides is 6. The van der Waals surface area contributed by atoms with Crippen molar-refractivity contribution in [2.45, 2.75) is 44.5 Å². The van der Waals surface area contributed by atoms with Gasteiger partial charge in [0.15, 0.2) is 5.67 Å². The lowest BCUT2D eigenvalue weighted by atomic mass is 9.89. The first kappa shape index (κ1) is 12.6. The Morgan fingerprint density at radius 3 is 1.23 bits per heavy atom. The van der Waals surface area contributed by atoms with Crippen molar-refractivity contribution in [1.82, 2.24) is 0 Å². The summed E-state index contributed by atoms with van der Waals surface area (Å²) in [6, 6.07) is 0. The molecule has 0 bridgehead atoms. The Morgan fingerprint density at radius 2 is 1.15 bits per heavy atom. The second-order valence-electron chi connectivity index (χ2n) is 3.42. The Labute approximate surface area is 71.9 Å². The largest absolute Gasteiger partial charge is 0.319 e. The third kappa shape index (κ3) is 1.91. The molecule has 0 aliphatic rings. The molecule has 6 heteroatoms. The minimum atomic E-state index is -4.73. The normalized spacial score (nSPS) is 18.9. The van der Waals surface area contributed by atoms with Crippen LogP contribution in [-0.2, 0) is 0 Å². The fraction of sp³-hybridized carbons (Fsp3) is 1.00. The Bertz CT molecular complexity index is 178. The van der Waals surface area contributed by atoms with E-state index in [1.807, 2.05) is 0 Å². The molecule has 0 spiro atoms. The molecule has 0 rings (SSSR count). The van der Waals surface area contributed by atoms with Crippen LogP contribution in [0.1, 0.15) is 20.8 Å². The van der Waals surface area contributed by atoms with Gasteiger partial charge in [0.1, 0.15) is 0 Å². The van der Waals surface area contributed by atoms with Gasteiger partial charge in [-0.3, -0.25) is 0 Å². The fourth-order valence-electron chi connectivity index (χ4n) is 0.718. The van der Waals surface area contributed by atoms with Gasteiger partial charge >= 0.3 is 5.92 Å². The molecule has 1 unspecified atom stereocenters. The molecule has 0 aromatic heterocycles. The smallest absolute Gasteiger partial charge is 0.238 e. The first-order valence-corrected chi connectivity index (χ1v) is 3.48. The van der Waals surface area contributed by atoms with E-state index in [2.05, 4.69) is 0 Å². The van der Waals surface area contributed by atoms with E-state index < -0.39 is 23.7 Å². The maximum atomic E-state index is 12.7. The summed E-state index contributed by atoms with van der Waals surface area (Å²) in [7, 11) is 0. The first-order chi connectivity index (χ1) is 5.44. The Kier molecular flexibility index (Phi) is 2.96. The molecule has 1 atom stereocenters. The summed E-state index contributed by atoms with van der Waals surface area (Å²) in [5.41, 5.74) is -7.49. The van der Waals surface area contributed by atoms with Crippen molar-refractivity contribution in [3.63, 3.8) is 0 Å². The molecular weight excluding hydrogens is 198 g/mol. The van der Waals surface area contributed by atoms with Crippen molar-refractivity contribution in [3.05, 3.63) is 0 Å². The summed E-state index contributed by atoms with van der Waals surface area (Å²) in [5, 5.41) is 0. The van der Waals surface area contributed by atoms with Gasteiger partial charge in [0.2, 0.25) is 5.67 Å². The van der Waals surface area contributed by atoms with Crippen LogP contribution in [0.15, 0.2) is 0 Å². The van der Waals surface area contributed by atoms with Crippen LogP contribution in [0.5, 0.6) is 0 Å². The molecule has 0 aromatic carbocycles. The van der Waals surface area contributed by atoms with E-state index in [9.17, 15) is 26.3 Å². The second kappa shape index (κ2) is 3.06. The molecule has 0 saturated heterocycles. The van der Waals surface area contributed by atoms with Gasteiger partial charge in [0.25, 0.3) is 6.43 Å². The summed E-state index contributed by atoms with van der Waals surface area (Å²) in [4.78, 5) is 0. The lowest BCUT2D eigenvalue weighted by Gasteiger charge is -2.35. The average molecular weight is 208 g/mol. The summed E-state index contributed by atoms with van der Waals surface area (Å²) in [6.45, 7) is 0.694. The molecule has 0 N–H and O–H groups in total. The quantitative estimate of drug-likeness (QED) is 0.624. The molecular formula is C7H10F6. The number of rotatable bonds is 3. The van der Waals surface area contributed by atoms with E-state index in [1.165, 1.54) is 0 Å². The van der Waals surface area contributed by atoms with E-state index in [0.717, 1.165) is 0 Å². The Balaban J connectivity index is 5.04. The van der Waals surface area contributed by atoms with Crippen LogP contribution in [0.25, 0.3) is 0 Å². The van der Waals surface area contributed by atoms with E-state index in [4.69, 9.17) is 0 Å². The van der Waals surface area contributed by atoms with Gasteiger partial charge in [-0.15, -0.1) is 0 Å². The van der Waals surface area contributed by atoms with Crippen LogP contribution in [0.4, 0.5) is 26.3 Å². The number of hydrogen-bond acceptors (Lipinski definition) is 0. The summed E-state index contributed by atoms with van der Waals surface area (Å²) in [5.74, 6) is -4.73. The SMILES string of the molecule is CC(C)(F)C(F)(F)C(C)(F)C(F)F. The molecule has 0 aromatic rings. The van der Waals surface area contributed by atoms with Gasteiger partial charge in [0.05, 0.1) is 0 Å². The first-order valence-electron chi connectivity index (χ1n) is 3.48. The van der Waals surface area contributed by atoms with Crippen LogP contribution in [0.2, 0.25) is 0 Å². The minimum Gasteiger partial charge on any atom is -0.238 e. The van der Waals surface area contributed by atoms with Gasteiger partial charge in [-0.05, 0) is 20.8 Å². The third-order valence-electron chi connectivity index (χ3n) is 1.77.